The number of H-pyrrole nitrogens is 2. The zero-order valence-electron chi connectivity index (χ0n) is 25.8. The average Bonchev–Trinajstić information content (AvgIpc) is 3.64. The zero-order valence-corrected chi connectivity index (χ0v) is 25.8. The van der Waals surface area contributed by atoms with E-state index in [9.17, 15) is 27.2 Å². The van der Waals surface area contributed by atoms with Gasteiger partial charge in [-0.05, 0) is 59.9 Å². The van der Waals surface area contributed by atoms with Crippen LogP contribution in [-0.2, 0) is 28.7 Å². The number of carbonyl (C=O) groups excluding carboxylic acids is 2. The largest absolute Gasteiger partial charge is 0.416 e. The Morgan fingerprint density at radius 3 is 2.47 bits per heavy atom. The Morgan fingerprint density at radius 1 is 0.957 bits per heavy atom. The highest BCUT2D eigenvalue weighted by molar-refractivity contribution is 5.93. The second-order valence-electron chi connectivity index (χ2n) is 12.0. The number of para-hydroxylation sites is 1. The molecular weight excluding hydrogens is 610 g/mol. The van der Waals surface area contributed by atoms with Gasteiger partial charge in [0.15, 0.2) is 0 Å². The van der Waals surface area contributed by atoms with E-state index < -0.39 is 23.7 Å². The Labute approximate surface area is 269 Å². The summed E-state index contributed by atoms with van der Waals surface area (Å²) in [6, 6.07) is 17.0. The summed E-state index contributed by atoms with van der Waals surface area (Å²) in [4.78, 5) is 36.0. The Kier molecular flexibility index (Phi) is 9.17. The van der Waals surface area contributed by atoms with Crippen LogP contribution in [0, 0.1) is 5.82 Å². The van der Waals surface area contributed by atoms with Crippen molar-refractivity contribution < 1.29 is 27.2 Å². The molecule has 6 rings (SSSR count). The number of nitrogens with zero attached hydrogens (tertiary/aromatic N) is 2. The summed E-state index contributed by atoms with van der Waals surface area (Å²) < 4.78 is 55.2. The molecule has 2 aromatic heterocycles. The number of hydrogen-bond acceptors (Lipinski definition) is 3. The normalized spacial score (nSPS) is 14.7. The first-order valence-corrected chi connectivity index (χ1v) is 15.5. The number of amides is 2. The number of carbonyl (C=O) groups is 2. The van der Waals surface area contributed by atoms with E-state index in [0.717, 1.165) is 44.6 Å². The van der Waals surface area contributed by atoms with Crippen LogP contribution >= 0.6 is 0 Å². The number of rotatable bonds is 10. The number of benzene rings is 3. The van der Waals surface area contributed by atoms with Gasteiger partial charge in [-0.25, -0.2) is 4.39 Å². The van der Waals surface area contributed by atoms with Gasteiger partial charge in [0.25, 0.3) is 0 Å². The van der Waals surface area contributed by atoms with Crippen molar-refractivity contribution >= 4 is 39.2 Å². The summed E-state index contributed by atoms with van der Waals surface area (Å²) in [6.45, 7) is 2.33. The number of aromatic nitrogens is 2. The molecule has 11 heteroatoms. The Morgan fingerprint density at radius 2 is 1.70 bits per heavy atom. The fourth-order valence-electron chi connectivity index (χ4n) is 6.37. The van der Waals surface area contributed by atoms with Gasteiger partial charge in [0.05, 0.1) is 18.2 Å². The molecule has 7 nitrogen and oxygen atoms in total. The lowest BCUT2D eigenvalue weighted by Crippen LogP contribution is -2.49. The quantitative estimate of drug-likeness (QED) is 0.148. The molecule has 1 aliphatic rings. The summed E-state index contributed by atoms with van der Waals surface area (Å²) in [5.41, 5.74) is 3.91. The van der Waals surface area contributed by atoms with Crippen molar-refractivity contribution in [2.75, 3.05) is 26.2 Å². The molecular formula is C36H35F4N5O2. The van der Waals surface area contributed by atoms with Gasteiger partial charge in [0, 0.05) is 72.9 Å². The molecule has 1 aliphatic heterocycles. The number of aromatic amines is 2. The molecule has 3 N–H and O–H groups in total. The van der Waals surface area contributed by atoms with E-state index in [1.165, 1.54) is 42.2 Å². The van der Waals surface area contributed by atoms with Crippen LogP contribution in [0.5, 0.6) is 0 Å². The smallest absolute Gasteiger partial charge is 0.361 e. The summed E-state index contributed by atoms with van der Waals surface area (Å²) in [6.07, 6.45) is 2.25. The zero-order chi connectivity index (χ0) is 33.1. The first-order chi connectivity index (χ1) is 22.5. The minimum Gasteiger partial charge on any atom is -0.361 e. The first-order valence-electron chi connectivity index (χ1n) is 15.5. The van der Waals surface area contributed by atoms with E-state index in [4.69, 9.17) is 0 Å². The van der Waals surface area contributed by atoms with Gasteiger partial charge >= 0.3 is 6.18 Å². The Bertz CT molecular complexity index is 1940. The van der Waals surface area contributed by atoms with Crippen LogP contribution in [0.15, 0.2) is 85.2 Å². The predicted molar refractivity (Wildman–Crippen MR) is 174 cm³/mol. The van der Waals surface area contributed by atoms with Gasteiger partial charge in [0.2, 0.25) is 11.8 Å². The third kappa shape index (κ3) is 7.41. The fourth-order valence-corrected chi connectivity index (χ4v) is 6.37. The van der Waals surface area contributed by atoms with Crippen molar-refractivity contribution in [1.29, 1.82) is 0 Å². The number of fused-ring (bicyclic) bond motifs is 2. The lowest BCUT2D eigenvalue weighted by molar-refractivity contribution is -0.139. The third-order valence-corrected chi connectivity index (χ3v) is 8.73. The van der Waals surface area contributed by atoms with Crippen LogP contribution in [0.1, 0.15) is 35.6 Å². The van der Waals surface area contributed by atoms with E-state index in [0.29, 0.717) is 25.9 Å². The molecule has 0 radical (unpaired) electrons. The molecule has 5 aromatic rings. The number of hydrogen-bond donors (Lipinski definition) is 3. The van der Waals surface area contributed by atoms with Crippen LogP contribution < -0.4 is 5.32 Å². The highest BCUT2D eigenvalue weighted by Crippen LogP contribution is 2.33. The minimum atomic E-state index is -4.57. The van der Waals surface area contributed by atoms with Gasteiger partial charge in [-0.1, -0.05) is 42.5 Å². The van der Waals surface area contributed by atoms with E-state index in [1.54, 1.807) is 6.07 Å². The molecule has 0 unspecified atom stereocenters. The third-order valence-electron chi connectivity index (χ3n) is 8.73. The molecule has 244 valence electrons. The second kappa shape index (κ2) is 13.4. The van der Waals surface area contributed by atoms with Gasteiger partial charge in [-0.2, -0.15) is 13.2 Å². The summed E-state index contributed by atoms with van der Waals surface area (Å²) in [5.74, 6) is -0.950. The Hall–Kier alpha value is -4.90. The topological polar surface area (TPSA) is 84.2 Å². The first kappa shape index (κ1) is 32.1. The van der Waals surface area contributed by atoms with E-state index >= 15 is 0 Å². The monoisotopic (exact) mass is 645 g/mol. The highest BCUT2D eigenvalue weighted by atomic mass is 19.4. The lowest BCUT2D eigenvalue weighted by atomic mass is 9.99. The average molecular weight is 646 g/mol. The van der Waals surface area contributed by atoms with Crippen molar-refractivity contribution in [3.05, 3.63) is 113 Å². The van der Waals surface area contributed by atoms with Gasteiger partial charge < -0.3 is 20.2 Å². The SMILES string of the molecule is CC(=O)N(Cc1ccccc1C(F)(F)F)C[C@@H](Cc1c[nH]c2ccccc12)NC(=O)CN1CC=C(c2c[nH]c3ccc(F)cc23)CC1. The highest BCUT2D eigenvalue weighted by Gasteiger charge is 2.34. The maximum atomic E-state index is 13.9. The molecule has 2 amide bonds. The number of nitrogens with one attached hydrogen (secondary N) is 3. The van der Waals surface area contributed by atoms with Crippen molar-refractivity contribution in [3.63, 3.8) is 0 Å². The molecule has 0 spiro atoms. The lowest BCUT2D eigenvalue weighted by Gasteiger charge is -2.30. The molecule has 3 heterocycles. The van der Waals surface area contributed by atoms with Gasteiger partial charge in [0.1, 0.15) is 5.82 Å². The molecule has 3 aromatic carbocycles. The molecule has 47 heavy (non-hydrogen) atoms. The number of alkyl halides is 3. The van der Waals surface area contributed by atoms with Crippen LogP contribution in [0.25, 0.3) is 27.4 Å². The molecule has 0 bridgehead atoms. The maximum Gasteiger partial charge on any atom is 0.416 e. The standard InChI is InChI=1S/C36H35F4N5O2/c1-23(46)45(20-25-6-2-4-8-32(25)36(38,39)40)21-28(16-26-18-41-33-9-5-3-7-29(26)33)43-35(47)22-44-14-12-24(13-15-44)31-19-42-34-11-10-27(37)17-30(31)34/h2-12,17-19,28,41-42H,13-16,20-22H2,1H3,(H,43,47)/t28-/m1/s1. The van der Waals surface area contributed by atoms with Crippen LogP contribution in [0.3, 0.4) is 0 Å². The predicted octanol–water partition coefficient (Wildman–Crippen LogP) is 6.67. The molecule has 0 saturated heterocycles. The van der Waals surface area contributed by atoms with Crippen molar-refractivity contribution in [2.45, 2.75) is 38.5 Å². The summed E-state index contributed by atoms with van der Waals surface area (Å²) in [5, 5.41) is 4.86. The maximum absolute atomic E-state index is 13.9. The van der Waals surface area contributed by atoms with Gasteiger partial charge in [-0.3, -0.25) is 14.5 Å². The summed E-state index contributed by atoms with van der Waals surface area (Å²) in [7, 11) is 0. The van der Waals surface area contributed by atoms with E-state index in [2.05, 4.69) is 15.3 Å². The van der Waals surface area contributed by atoms with E-state index in [1.807, 2.05) is 47.6 Å². The molecule has 0 aliphatic carbocycles. The van der Waals surface area contributed by atoms with Crippen molar-refractivity contribution in [1.82, 2.24) is 25.1 Å². The van der Waals surface area contributed by atoms with Gasteiger partial charge in [-0.15, -0.1) is 0 Å². The summed E-state index contributed by atoms with van der Waals surface area (Å²) >= 11 is 0. The van der Waals surface area contributed by atoms with Crippen molar-refractivity contribution in [2.24, 2.45) is 0 Å². The molecule has 0 fully saturated rings. The minimum absolute atomic E-state index is 0.0128. The number of halogens is 4. The van der Waals surface area contributed by atoms with Crippen LogP contribution in [0.4, 0.5) is 17.6 Å². The fraction of sp³-hybridized carbons (Fsp3) is 0.278. The molecule has 0 saturated carbocycles. The van der Waals surface area contributed by atoms with Crippen LogP contribution in [-0.4, -0.2) is 63.8 Å². The Balaban J connectivity index is 1.18. The van der Waals surface area contributed by atoms with Crippen LogP contribution in [0.2, 0.25) is 0 Å². The second-order valence-corrected chi connectivity index (χ2v) is 12.0. The van der Waals surface area contributed by atoms with E-state index in [-0.39, 0.29) is 36.9 Å². The molecule has 1 atom stereocenters. The van der Waals surface area contributed by atoms with Crippen molar-refractivity contribution in [3.8, 4) is 0 Å².